The predicted octanol–water partition coefficient (Wildman–Crippen LogP) is 14.3. The Kier molecular flexibility index (Phi) is 51.6. The fourth-order valence-electron chi connectivity index (χ4n) is 10.9. The first-order chi connectivity index (χ1) is 62.2. The highest BCUT2D eigenvalue weighted by molar-refractivity contribution is 6.01. The Morgan fingerprint density at radius 1 is 0.291 bits per heavy atom. The summed E-state index contributed by atoms with van der Waals surface area (Å²) in [6.07, 6.45) is 1.49. The number of carbonyl (C=O) groups is 18. The van der Waals surface area contributed by atoms with Crippen LogP contribution in [0.15, 0.2) is 146 Å². The zero-order chi connectivity index (χ0) is 102. The third kappa shape index (κ3) is 49.5. The summed E-state index contributed by atoms with van der Waals surface area (Å²) in [5, 5.41) is 28.2. The third-order valence-corrected chi connectivity index (χ3v) is 20.0. The standard InChI is InChI=1S/C20H30N2O3.C18H26N2O3.C17H24N2O3.C17H23NO4.C16H22N2O3.C16H21NO4/c1-6-22(7-2)18(24)13-12-17(23)16-10-8-15(9-11-16)14-21-19(25)20(3,4)5;1-18(2,3)17(23)19-12-13-6-8-14(9-7-13)15(21)10-11-16(22)20(4)5;1-17(2,3)16(22)19-11-12-5-7-13(8-6-12)14(20)9-10-15(21)18-4;1-17(2,3)16(21)18-11-12-5-7-13(8-6-12)14(19)9-10-15(20)22-4;1-16(2,3)15(21)18-10-11-4-6-12(7-5-11)13(19)8-9-14(17)20;1-16(2,3)15(21)17-10-11-4-6-12(7-5-11)13(18)8-9-14(19)20/h8-11H,6-7,12-14H2,1-5H3,(H,21,25);6-9H,10-12H2,1-5H3,(H,19,23);5-8H,9-11H2,1-4H3,(H,18,21)(H,19,22);5-8H,9-11H2,1-4H3,(H,18,21);4-7H,8-10H2,1-3H3,(H2,17,20)(H,18,21);4-7H,8-10H2,1-3H3,(H,17,21)(H,19,20). The summed E-state index contributed by atoms with van der Waals surface area (Å²) in [6.45, 7) is 41.1. The molecule has 30 nitrogen and oxygen atoms in total. The second-order valence-electron chi connectivity index (χ2n) is 38.3. The van der Waals surface area contributed by atoms with Crippen molar-refractivity contribution in [3.05, 3.63) is 212 Å². The van der Waals surface area contributed by atoms with Gasteiger partial charge in [0.15, 0.2) is 34.7 Å². The summed E-state index contributed by atoms with van der Waals surface area (Å²) in [4.78, 5) is 212. The molecule has 0 aliphatic carbocycles. The number of ether oxygens (including phenoxy) is 1. The summed E-state index contributed by atoms with van der Waals surface area (Å²) < 4.78 is 4.51. The third-order valence-electron chi connectivity index (χ3n) is 20.0. The number of benzene rings is 6. The molecule has 0 aromatic heterocycles. The topological polar surface area (TPSA) is 453 Å². The van der Waals surface area contributed by atoms with E-state index in [0.29, 0.717) is 85.7 Å². The molecule has 0 radical (unpaired) electrons. The van der Waals surface area contributed by atoms with Crippen LogP contribution in [0.1, 0.15) is 311 Å². The largest absolute Gasteiger partial charge is 0.481 e. The number of amides is 10. The SMILES string of the molecule is CC(C)(C)C(=O)NCc1ccc(C(=O)CCC(=O)O)cc1.CC(C)(C)C(=O)NCc1ccc(C(=O)CCC(N)=O)cc1.CCN(CC)C(=O)CCC(=O)c1ccc(CNC(=O)C(C)(C)C)cc1.CN(C)C(=O)CCC(=O)c1ccc(CNC(=O)C(C)(C)C)cc1.CNC(=O)CCC(=O)c1ccc(CNC(=O)C(C)(C)C)cc1.COC(=O)CCC(=O)c1ccc(CNC(=O)C(C)(C)C)cc1. The monoisotopic (exact) mass is 1860 g/mol. The van der Waals surface area contributed by atoms with E-state index in [9.17, 15) is 86.3 Å². The predicted molar refractivity (Wildman–Crippen MR) is 517 cm³/mol. The van der Waals surface area contributed by atoms with E-state index in [1.807, 2.05) is 175 Å². The number of nitrogens with two attached hydrogens (primary N) is 1. The molecule has 0 saturated heterocycles. The van der Waals surface area contributed by atoms with Gasteiger partial charge in [-0.05, 0) is 47.2 Å². The highest BCUT2D eigenvalue weighted by Gasteiger charge is 2.27. The molecule has 10 amide bonds. The molecule has 6 aromatic rings. The normalized spacial score (nSPS) is 11.0. The van der Waals surface area contributed by atoms with Gasteiger partial charge < -0.3 is 62.6 Å². The molecule has 732 valence electrons. The maximum atomic E-state index is 12.2. The molecular formula is C104H146N10O20. The van der Waals surface area contributed by atoms with Crippen LogP contribution >= 0.6 is 0 Å². The van der Waals surface area contributed by atoms with Gasteiger partial charge >= 0.3 is 11.9 Å². The van der Waals surface area contributed by atoms with E-state index in [4.69, 9.17) is 10.8 Å². The summed E-state index contributed by atoms with van der Waals surface area (Å²) in [6, 6.07) is 42.2. The number of hydrogen-bond acceptors (Lipinski definition) is 19. The number of nitrogens with one attached hydrogen (secondary N) is 7. The van der Waals surface area contributed by atoms with Crippen LogP contribution in [0.3, 0.4) is 0 Å². The number of aliphatic carboxylic acids is 1. The average Bonchev–Trinajstić information content (AvgIpc) is 0.901. The number of carbonyl (C=O) groups excluding carboxylic acids is 17. The van der Waals surface area contributed by atoms with E-state index in [1.54, 1.807) is 135 Å². The zero-order valence-electron chi connectivity index (χ0n) is 83.2. The lowest BCUT2D eigenvalue weighted by Crippen LogP contribution is -2.34. The molecule has 0 fully saturated rings. The summed E-state index contributed by atoms with van der Waals surface area (Å²) in [7, 11) is 6.20. The van der Waals surface area contributed by atoms with Crippen LogP contribution in [0.2, 0.25) is 0 Å². The second kappa shape index (κ2) is 58.1. The number of hydrogen-bond donors (Lipinski definition) is 9. The van der Waals surface area contributed by atoms with E-state index < -0.39 is 50.3 Å². The van der Waals surface area contributed by atoms with Gasteiger partial charge in [0.1, 0.15) is 0 Å². The molecule has 0 heterocycles. The van der Waals surface area contributed by atoms with Crippen LogP contribution in [0.5, 0.6) is 0 Å². The average molecular weight is 1860 g/mol. The maximum Gasteiger partial charge on any atom is 0.305 e. The van der Waals surface area contributed by atoms with Gasteiger partial charge in [-0.25, -0.2) is 0 Å². The molecule has 134 heavy (non-hydrogen) atoms. The molecule has 6 rings (SSSR count). The van der Waals surface area contributed by atoms with Crippen molar-refractivity contribution in [1.29, 1.82) is 0 Å². The van der Waals surface area contributed by atoms with Crippen molar-refractivity contribution in [2.75, 3.05) is 41.3 Å². The van der Waals surface area contributed by atoms with Gasteiger partial charge in [0.2, 0.25) is 59.1 Å². The lowest BCUT2D eigenvalue weighted by Gasteiger charge is -2.18. The van der Waals surface area contributed by atoms with Gasteiger partial charge in [0, 0.05) is 204 Å². The zero-order valence-corrected chi connectivity index (χ0v) is 83.2. The van der Waals surface area contributed by atoms with E-state index in [0.717, 1.165) is 33.4 Å². The minimum Gasteiger partial charge on any atom is -0.481 e. The van der Waals surface area contributed by atoms with Gasteiger partial charge in [-0.3, -0.25) is 86.3 Å². The number of rotatable bonds is 38. The maximum absolute atomic E-state index is 12.2. The van der Waals surface area contributed by atoms with E-state index in [-0.39, 0.29) is 165 Å². The first kappa shape index (κ1) is 119. The number of carboxylic acid groups (broad SMARTS) is 1. The van der Waals surface area contributed by atoms with Crippen LogP contribution in [-0.4, -0.2) is 162 Å². The molecule has 30 heteroatoms. The lowest BCUT2D eigenvalue weighted by molar-refractivity contribution is -0.140. The minimum atomic E-state index is -0.982. The van der Waals surface area contributed by atoms with Crippen LogP contribution in [0.25, 0.3) is 0 Å². The van der Waals surface area contributed by atoms with Crippen molar-refractivity contribution in [3.8, 4) is 0 Å². The highest BCUT2D eigenvalue weighted by atomic mass is 16.5. The van der Waals surface area contributed by atoms with Gasteiger partial charge in [0.25, 0.3) is 0 Å². The number of esters is 1. The van der Waals surface area contributed by atoms with Crippen molar-refractivity contribution in [3.63, 3.8) is 0 Å². The van der Waals surface area contributed by atoms with E-state index in [1.165, 1.54) is 12.0 Å². The first-order valence-electron chi connectivity index (χ1n) is 44.9. The van der Waals surface area contributed by atoms with E-state index >= 15 is 0 Å². The number of methoxy groups -OCH3 is 1. The number of primary amides is 1. The molecule has 0 atom stereocenters. The summed E-state index contributed by atoms with van der Waals surface area (Å²) in [5.74, 6) is -2.72. The second-order valence-corrected chi connectivity index (χ2v) is 38.3. The van der Waals surface area contributed by atoms with Crippen LogP contribution in [0, 0.1) is 32.5 Å². The molecule has 0 saturated carbocycles. The smallest absolute Gasteiger partial charge is 0.305 e. The number of carboxylic acids is 1. The Morgan fingerprint density at radius 3 is 0.664 bits per heavy atom. The Labute approximate surface area is 791 Å². The van der Waals surface area contributed by atoms with Crippen LogP contribution in [-0.2, 0) is 102 Å². The van der Waals surface area contributed by atoms with Crippen molar-refractivity contribution >= 4 is 106 Å². The summed E-state index contributed by atoms with van der Waals surface area (Å²) >= 11 is 0. The van der Waals surface area contributed by atoms with Gasteiger partial charge in [0.05, 0.1) is 20.0 Å². The van der Waals surface area contributed by atoms with Crippen molar-refractivity contribution in [1.82, 2.24) is 47.0 Å². The lowest BCUT2D eigenvalue weighted by atomic mass is 9.95. The molecule has 10 N–H and O–H groups in total. The van der Waals surface area contributed by atoms with Crippen LogP contribution < -0.4 is 43.0 Å². The van der Waals surface area contributed by atoms with Crippen molar-refractivity contribution in [2.45, 2.75) is 255 Å². The number of nitrogens with zero attached hydrogens (tertiary/aromatic N) is 2. The molecule has 0 unspecified atom stereocenters. The molecule has 0 aliphatic heterocycles. The molecule has 0 aliphatic rings. The minimum absolute atomic E-state index is 0.00452. The summed E-state index contributed by atoms with van der Waals surface area (Å²) in [5.41, 5.74) is 11.3. The van der Waals surface area contributed by atoms with Gasteiger partial charge in [-0.1, -0.05) is 270 Å². The fourth-order valence-corrected chi connectivity index (χ4v) is 10.9. The Morgan fingerprint density at radius 2 is 0.485 bits per heavy atom. The van der Waals surface area contributed by atoms with Gasteiger partial charge in [-0.15, -0.1) is 0 Å². The molecule has 0 bridgehead atoms. The fraction of sp³-hybridized carbons (Fsp3) is 0.481. The first-order valence-corrected chi connectivity index (χ1v) is 44.9. The van der Waals surface area contributed by atoms with E-state index in [2.05, 4.69) is 42.0 Å². The number of ketones is 6. The van der Waals surface area contributed by atoms with Crippen LogP contribution in [0.4, 0.5) is 0 Å². The Bertz CT molecular complexity index is 4700. The Hall–Kier alpha value is -13.0. The quantitative estimate of drug-likeness (QED) is 0.0128. The molecule has 6 aromatic carbocycles. The highest BCUT2D eigenvalue weighted by Crippen LogP contribution is 2.22. The molecule has 0 spiro atoms. The number of Topliss-reactive ketones (excluding diaryl/α,β-unsaturated/α-hetero) is 6. The Balaban J connectivity index is 0.000000805. The van der Waals surface area contributed by atoms with Crippen molar-refractivity contribution in [2.24, 2.45) is 38.2 Å². The van der Waals surface area contributed by atoms with Gasteiger partial charge in [-0.2, -0.15) is 0 Å². The molecular weight excluding hydrogens is 1710 g/mol. The van der Waals surface area contributed by atoms with Crippen molar-refractivity contribution < 1.29 is 96.1 Å².